The Morgan fingerprint density at radius 2 is 1.74 bits per heavy atom. The highest BCUT2D eigenvalue weighted by atomic mass is 16.6. The molecule has 0 unspecified atom stereocenters. The van der Waals surface area contributed by atoms with Crippen LogP contribution in [0, 0.1) is 0 Å². The molecule has 0 atom stereocenters. The molecular weight excluding hydrogens is 248 g/mol. The standard InChI is InChI=1S/C13H18N2O4/c1-13(2,3)19-12(18)15-14-11(17)8-9-4-6-10(16)7-5-9/h4-7,16H,8H2,1-3H3,(H,14,17)(H,15,18). The predicted octanol–water partition coefficient (Wildman–Crippen LogP) is 1.49. The molecule has 1 aromatic carbocycles. The second-order valence-electron chi connectivity index (χ2n) is 5.02. The topological polar surface area (TPSA) is 87.7 Å². The van der Waals surface area contributed by atoms with E-state index in [4.69, 9.17) is 9.84 Å². The van der Waals surface area contributed by atoms with E-state index in [-0.39, 0.29) is 18.1 Å². The minimum atomic E-state index is -0.716. The third kappa shape index (κ3) is 6.30. The van der Waals surface area contributed by atoms with Crippen LogP contribution in [0.5, 0.6) is 5.75 Å². The predicted molar refractivity (Wildman–Crippen MR) is 69.3 cm³/mol. The summed E-state index contributed by atoms with van der Waals surface area (Å²) < 4.78 is 4.96. The smallest absolute Gasteiger partial charge is 0.426 e. The Kier molecular flexibility index (Phi) is 4.74. The van der Waals surface area contributed by atoms with E-state index in [9.17, 15) is 9.59 Å². The molecule has 0 aromatic heterocycles. The summed E-state index contributed by atoms with van der Waals surface area (Å²) in [6, 6.07) is 6.23. The van der Waals surface area contributed by atoms with E-state index in [1.54, 1.807) is 32.9 Å². The highest BCUT2D eigenvalue weighted by Gasteiger charge is 2.16. The number of rotatable bonds is 2. The molecule has 1 aromatic rings. The number of phenols is 1. The van der Waals surface area contributed by atoms with Crippen LogP contribution in [0.15, 0.2) is 24.3 Å². The molecule has 104 valence electrons. The van der Waals surface area contributed by atoms with Gasteiger partial charge in [-0.1, -0.05) is 12.1 Å². The Balaban J connectivity index is 2.36. The van der Waals surface area contributed by atoms with Gasteiger partial charge in [0.25, 0.3) is 0 Å². The summed E-state index contributed by atoms with van der Waals surface area (Å²) in [6.45, 7) is 5.18. The van der Waals surface area contributed by atoms with Gasteiger partial charge in [0.15, 0.2) is 0 Å². The molecule has 6 heteroatoms. The first-order valence-electron chi connectivity index (χ1n) is 5.82. The molecule has 1 rings (SSSR count). The number of benzene rings is 1. The van der Waals surface area contributed by atoms with Crippen molar-refractivity contribution in [1.82, 2.24) is 10.9 Å². The van der Waals surface area contributed by atoms with Crippen LogP contribution in [0.3, 0.4) is 0 Å². The summed E-state index contributed by atoms with van der Waals surface area (Å²) in [7, 11) is 0. The summed E-state index contributed by atoms with van der Waals surface area (Å²) in [4.78, 5) is 22.8. The molecular formula is C13H18N2O4. The zero-order valence-electron chi connectivity index (χ0n) is 11.2. The van der Waals surface area contributed by atoms with Gasteiger partial charge in [0.05, 0.1) is 6.42 Å². The molecule has 0 fully saturated rings. The average Bonchev–Trinajstić information content (AvgIpc) is 2.27. The van der Waals surface area contributed by atoms with Crippen LogP contribution >= 0.6 is 0 Å². The number of amides is 2. The number of hydrogen-bond acceptors (Lipinski definition) is 4. The van der Waals surface area contributed by atoms with Crippen LogP contribution in [0.4, 0.5) is 4.79 Å². The second kappa shape index (κ2) is 6.08. The van der Waals surface area contributed by atoms with Gasteiger partial charge in [0, 0.05) is 0 Å². The maximum atomic E-state index is 11.5. The van der Waals surface area contributed by atoms with Crippen molar-refractivity contribution in [3.63, 3.8) is 0 Å². The van der Waals surface area contributed by atoms with Gasteiger partial charge in [0.1, 0.15) is 11.4 Å². The lowest BCUT2D eigenvalue weighted by molar-refractivity contribution is -0.121. The lowest BCUT2D eigenvalue weighted by Gasteiger charge is -2.19. The first-order chi connectivity index (χ1) is 8.76. The maximum absolute atomic E-state index is 11.5. The molecule has 0 radical (unpaired) electrons. The number of carbonyl (C=O) groups excluding carboxylic acids is 2. The van der Waals surface area contributed by atoms with E-state index < -0.39 is 11.7 Å². The normalized spacial score (nSPS) is 10.7. The van der Waals surface area contributed by atoms with Crippen LogP contribution in [0.1, 0.15) is 26.3 Å². The number of aromatic hydroxyl groups is 1. The second-order valence-corrected chi connectivity index (χ2v) is 5.02. The van der Waals surface area contributed by atoms with Crippen molar-refractivity contribution in [2.24, 2.45) is 0 Å². The number of carbonyl (C=O) groups is 2. The van der Waals surface area contributed by atoms with Gasteiger partial charge in [-0.15, -0.1) is 0 Å². The largest absolute Gasteiger partial charge is 0.508 e. The molecule has 0 aliphatic rings. The quantitative estimate of drug-likeness (QED) is 0.708. The van der Waals surface area contributed by atoms with E-state index in [1.165, 1.54) is 12.1 Å². The highest BCUT2D eigenvalue weighted by molar-refractivity contribution is 5.81. The summed E-state index contributed by atoms with van der Waals surface area (Å²) in [6.07, 6.45) is -0.623. The molecule has 0 aliphatic heterocycles. The Morgan fingerprint density at radius 1 is 1.16 bits per heavy atom. The molecule has 19 heavy (non-hydrogen) atoms. The Morgan fingerprint density at radius 3 is 2.26 bits per heavy atom. The third-order valence-electron chi connectivity index (χ3n) is 2.00. The SMILES string of the molecule is CC(C)(C)OC(=O)NNC(=O)Cc1ccc(O)cc1. The van der Waals surface area contributed by atoms with Gasteiger partial charge in [-0.3, -0.25) is 10.2 Å². The zero-order valence-corrected chi connectivity index (χ0v) is 11.2. The number of nitrogens with one attached hydrogen (secondary N) is 2. The van der Waals surface area contributed by atoms with Gasteiger partial charge in [0.2, 0.25) is 5.91 Å². The monoisotopic (exact) mass is 266 g/mol. The molecule has 3 N–H and O–H groups in total. The molecule has 0 aliphatic carbocycles. The van der Waals surface area contributed by atoms with E-state index >= 15 is 0 Å². The summed E-state index contributed by atoms with van der Waals surface area (Å²) in [5, 5.41) is 9.10. The molecule has 6 nitrogen and oxygen atoms in total. The van der Waals surface area contributed by atoms with Crippen molar-refractivity contribution < 1.29 is 19.4 Å². The van der Waals surface area contributed by atoms with Crippen molar-refractivity contribution in [2.45, 2.75) is 32.8 Å². The van der Waals surface area contributed by atoms with Gasteiger partial charge < -0.3 is 9.84 Å². The van der Waals surface area contributed by atoms with Crippen molar-refractivity contribution >= 4 is 12.0 Å². The first kappa shape index (κ1) is 14.8. The zero-order chi connectivity index (χ0) is 14.5. The number of ether oxygens (including phenoxy) is 1. The molecule has 0 saturated heterocycles. The number of hydrogen-bond donors (Lipinski definition) is 3. The van der Waals surface area contributed by atoms with Crippen molar-refractivity contribution in [1.29, 1.82) is 0 Å². The van der Waals surface area contributed by atoms with Crippen molar-refractivity contribution in [3.05, 3.63) is 29.8 Å². The fourth-order valence-corrected chi connectivity index (χ4v) is 1.27. The van der Waals surface area contributed by atoms with Gasteiger partial charge >= 0.3 is 6.09 Å². The summed E-state index contributed by atoms with van der Waals surface area (Å²) >= 11 is 0. The maximum Gasteiger partial charge on any atom is 0.426 e. The van der Waals surface area contributed by atoms with Crippen molar-refractivity contribution in [3.8, 4) is 5.75 Å². The van der Waals surface area contributed by atoms with Crippen LogP contribution in [0.2, 0.25) is 0 Å². The van der Waals surface area contributed by atoms with Crippen LogP contribution < -0.4 is 10.9 Å². The average molecular weight is 266 g/mol. The minimum Gasteiger partial charge on any atom is -0.508 e. The third-order valence-corrected chi connectivity index (χ3v) is 2.00. The molecule has 0 spiro atoms. The van der Waals surface area contributed by atoms with Gasteiger partial charge in [-0.05, 0) is 38.5 Å². The van der Waals surface area contributed by atoms with Gasteiger partial charge in [-0.2, -0.15) is 0 Å². The summed E-state index contributed by atoms with van der Waals surface area (Å²) in [5.41, 5.74) is 4.51. The molecule has 0 bridgehead atoms. The lowest BCUT2D eigenvalue weighted by atomic mass is 10.1. The Labute approximate surface area is 111 Å². The Hall–Kier alpha value is -2.24. The van der Waals surface area contributed by atoms with Crippen LogP contribution in [0.25, 0.3) is 0 Å². The fourth-order valence-electron chi connectivity index (χ4n) is 1.27. The summed E-state index contributed by atoms with van der Waals surface area (Å²) in [5.74, 6) is -0.243. The number of phenolic OH excluding ortho intramolecular Hbond substituents is 1. The van der Waals surface area contributed by atoms with E-state index in [1.807, 2.05) is 0 Å². The molecule has 2 amide bonds. The Bertz CT molecular complexity index is 449. The van der Waals surface area contributed by atoms with E-state index in [0.29, 0.717) is 0 Å². The van der Waals surface area contributed by atoms with Crippen LogP contribution in [-0.4, -0.2) is 22.7 Å². The van der Waals surface area contributed by atoms with Crippen molar-refractivity contribution in [2.75, 3.05) is 0 Å². The van der Waals surface area contributed by atoms with E-state index in [2.05, 4.69) is 10.9 Å². The van der Waals surface area contributed by atoms with E-state index in [0.717, 1.165) is 5.56 Å². The minimum absolute atomic E-state index is 0.0933. The van der Waals surface area contributed by atoms with Gasteiger partial charge in [-0.25, -0.2) is 10.2 Å². The first-order valence-corrected chi connectivity index (χ1v) is 5.82. The fraction of sp³-hybridized carbons (Fsp3) is 0.385. The number of hydrazine groups is 1. The molecule has 0 heterocycles. The highest BCUT2D eigenvalue weighted by Crippen LogP contribution is 2.09. The molecule has 0 saturated carbocycles. The lowest BCUT2D eigenvalue weighted by Crippen LogP contribution is -2.44. The van der Waals surface area contributed by atoms with Crippen LogP contribution in [-0.2, 0) is 16.0 Å².